The van der Waals surface area contributed by atoms with Gasteiger partial charge in [-0.2, -0.15) is 0 Å². The summed E-state index contributed by atoms with van der Waals surface area (Å²) in [7, 11) is 0. The van der Waals surface area contributed by atoms with Crippen molar-refractivity contribution >= 4 is 44.4 Å². The molecule has 148 valence electrons. The van der Waals surface area contributed by atoms with Crippen LogP contribution in [0.25, 0.3) is 0 Å². The molecule has 0 unspecified atom stereocenters. The fourth-order valence-corrected chi connectivity index (χ4v) is 9.91. The topological polar surface area (TPSA) is 21.6 Å². The molecule has 0 radical (unpaired) electrons. The van der Waals surface area contributed by atoms with Crippen LogP contribution in [0.4, 0.5) is 0 Å². The normalized spacial score (nSPS) is 17.9. The van der Waals surface area contributed by atoms with Crippen LogP contribution in [0.5, 0.6) is 0 Å². The monoisotopic (exact) mass is 473 g/mol. The molecule has 30 heavy (non-hydrogen) atoms. The van der Waals surface area contributed by atoms with Crippen molar-refractivity contribution in [1.82, 2.24) is 0 Å². The van der Waals surface area contributed by atoms with E-state index in [9.17, 15) is 0 Å². The Morgan fingerprint density at radius 2 is 1.03 bits per heavy atom. The van der Waals surface area contributed by atoms with Crippen LogP contribution >= 0.6 is 22.8 Å². The average molecular weight is 474 g/mol. The summed E-state index contributed by atoms with van der Waals surface area (Å²) in [6.07, 6.45) is 0.727. The molecular formula is C26H21BrNOP. The van der Waals surface area contributed by atoms with E-state index in [-0.39, 0.29) is 0 Å². The van der Waals surface area contributed by atoms with Gasteiger partial charge >= 0.3 is 186 Å². The first-order valence-corrected chi connectivity index (χ1v) is 13.1. The third kappa shape index (κ3) is 2.85. The van der Waals surface area contributed by atoms with E-state index in [1.807, 2.05) is 0 Å². The maximum absolute atomic E-state index is 6.79. The van der Waals surface area contributed by atoms with Crippen molar-refractivity contribution < 1.29 is 4.62 Å². The van der Waals surface area contributed by atoms with Crippen LogP contribution in [0.15, 0.2) is 125 Å². The van der Waals surface area contributed by atoms with Crippen LogP contribution in [0, 0.1) is 0 Å². The molecule has 0 saturated heterocycles. The van der Waals surface area contributed by atoms with Crippen molar-refractivity contribution in [2.75, 3.05) is 6.16 Å². The minimum atomic E-state index is -3.30. The van der Waals surface area contributed by atoms with Gasteiger partial charge < -0.3 is 0 Å². The fraction of sp³-hybridized carbons (Fsp3) is 0.0385. The maximum atomic E-state index is 6.79. The van der Waals surface area contributed by atoms with Crippen molar-refractivity contribution in [2.24, 2.45) is 5.16 Å². The molecule has 0 aromatic heterocycles. The summed E-state index contributed by atoms with van der Waals surface area (Å²) in [5.74, 6) is 0. The summed E-state index contributed by atoms with van der Waals surface area (Å²) in [6.45, 7) is -3.30. The third-order valence-corrected chi connectivity index (χ3v) is 11.9. The van der Waals surface area contributed by atoms with Crippen molar-refractivity contribution in [3.63, 3.8) is 0 Å². The number of benzene rings is 4. The van der Waals surface area contributed by atoms with Gasteiger partial charge in [0, 0.05) is 0 Å². The first-order valence-electron chi connectivity index (χ1n) is 9.92. The van der Waals surface area contributed by atoms with Gasteiger partial charge in [-0.3, -0.25) is 0 Å². The van der Waals surface area contributed by atoms with E-state index < -0.39 is 6.83 Å². The summed E-state index contributed by atoms with van der Waals surface area (Å²) in [5, 5.41) is 8.32. The van der Waals surface area contributed by atoms with E-state index in [2.05, 4.69) is 131 Å². The molecule has 0 N–H and O–H groups in total. The van der Waals surface area contributed by atoms with Gasteiger partial charge in [-0.25, -0.2) is 0 Å². The fourth-order valence-electron chi connectivity index (χ4n) is 4.36. The number of halogens is 1. The summed E-state index contributed by atoms with van der Waals surface area (Å²) >= 11 is 3.53. The molecule has 1 aliphatic rings. The van der Waals surface area contributed by atoms with Crippen molar-refractivity contribution in [3.05, 3.63) is 125 Å². The predicted molar refractivity (Wildman–Crippen MR) is 132 cm³/mol. The molecule has 0 bridgehead atoms. The van der Waals surface area contributed by atoms with E-state index in [0.717, 1.165) is 21.9 Å². The molecule has 4 aromatic carbocycles. The Bertz CT molecular complexity index is 1090. The Hall–Kier alpha value is -2.74. The Labute approximate surface area is 185 Å². The zero-order valence-electron chi connectivity index (χ0n) is 16.4. The van der Waals surface area contributed by atoms with Crippen LogP contribution in [0.1, 0.15) is 5.56 Å². The average Bonchev–Trinajstić information content (AvgIpc) is 3.25. The van der Waals surface area contributed by atoms with Gasteiger partial charge in [0.05, 0.1) is 0 Å². The van der Waals surface area contributed by atoms with E-state index in [0.29, 0.717) is 0 Å². The molecule has 1 heterocycles. The minimum absolute atomic E-state index is 0.727. The molecule has 4 aromatic rings. The van der Waals surface area contributed by atoms with Crippen LogP contribution in [0.2, 0.25) is 0 Å². The first kappa shape index (κ1) is 19.2. The molecule has 0 fully saturated rings. The van der Waals surface area contributed by atoms with Crippen LogP contribution in [-0.2, 0) is 4.62 Å². The van der Waals surface area contributed by atoms with Gasteiger partial charge in [0.2, 0.25) is 0 Å². The second kappa shape index (κ2) is 7.50. The number of hydrogen-bond donors (Lipinski definition) is 0. The Morgan fingerprint density at radius 1 is 0.600 bits per heavy atom. The molecule has 0 aliphatic carbocycles. The predicted octanol–water partition coefficient (Wildman–Crippen LogP) is 5.63. The summed E-state index contributed by atoms with van der Waals surface area (Å²) in [4.78, 5) is 0. The number of hydrogen-bond acceptors (Lipinski definition) is 2. The number of nitrogens with zero attached hydrogens (tertiary/aromatic N) is 1. The van der Waals surface area contributed by atoms with Crippen molar-refractivity contribution in [2.45, 2.75) is 0 Å². The zero-order chi connectivity index (χ0) is 20.5. The zero-order valence-corrected chi connectivity index (χ0v) is 18.8. The quantitative estimate of drug-likeness (QED) is 0.352. The Morgan fingerprint density at radius 3 is 1.47 bits per heavy atom. The van der Waals surface area contributed by atoms with Gasteiger partial charge in [0.1, 0.15) is 0 Å². The SMILES string of the molecule is Brc1ccc(C2=NOP(c3ccccc3)(c3ccccc3)(c3ccccc3)C2)cc1. The molecule has 0 atom stereocenters. The molecule has 5 rings (SSSR count). The summed E-state index contributed by atoms with van der Waals surface area (Å²) in [5.41, 5.74) is 2.07. The molecule has 2 nitrogen and oxygen atoms in total. The molecule has 0 spiro atoms. The number of rotatable bonds is 4. The van der Waals surface area contributed by atoms with Gasteiger partial charge in [-0.1, -0.05) is 0 Å². The van der Waals surface area contributed by atoms with Crippen LogP contribution in [-0.4, -0.2) is 11.9 Å². The van der Waals surface area contributed by atoms with Crippen LogP contribution < -0.4 is 15.9 Å². The Balaban J connectivity index is 1.81. The van der Waals surface area contributed by atoms with Gasteiger partial charge in [0.15, 0.2) is 0 Å². The van der Waals surface area contributed by atoms with Crippen molar-refractivity contribution in [1.29, 1.82) is 0 Å². The molecular weight excluding hydrogens is 453 g/mol. The Kier molecular flexibility index (Phi) is 4.81. The summed E-state index contributed by atoms with van der Waals surface area (Å²) < 4.78 is 7.84. The molecule has 0 amide bonds. The molecule has 4 heteroatoms. The van der Waals surface area contributed by atoms with Gasteiger partial charge in [-0.15, -0.1) is 0 Å². The third-order valence-electron chi connectivity index (χ3n) is 5.87. The first-order chi connectivity index (χ1) is 14.7. The summed E-state index contributed by atoms with van der Waals surface area (Å²) in [6, 6.07) is 40.2. The second-order valence-electron chi connectivity index (χ2n) is 7.50. The molecule has 0 saturated carbocycles. The van der Waals surface area contributed by atoms with E-state index in [1.165, 1.54) is 15.9 Å². The molecule has 1 aliphatic heterocycles. The number of oxime groups is 1. The van der Waals surface area contributed by atoms with Gasteiger partial charge in [0.25, 0.3) is 0 Å². The second-order valence-corrected chi connectivity index (χ2v) is 12.9. The van der Waals surface area contributed by atoms with E-state index >= 15 is 0 Å². The van der Waals surface area contributed by atoms with E-state index in [1.54, 1.807) is 0 Å². The van der Waals surface area contributed by atoms with E-state index in [4.69, 9.17) is 9.78 Å². The standard InChI is InChI=1S/C26H21BrNOP/c27-22-18-16-21(17-19-22)26-20-30(29-28-26,23-10-4-1-5-11-23,24-12-6-2-7-13-24)25-14-8-3-9-15-25/h1-19H,20H2. The van der Waals surface area contributed by atoms with Gasteiger partial charge in [-0.05, 0) is 0 Å². The van der Waals surface area contributed by atoms with Crippen molar-refractivity contribution in [3.8, 4) is 0 Å². The van der Waals surface area contributed by atoms with Crippen LogP contribution in [0.3, 0.4) is 0 Å².